The van der Waals surface area contributed by atoms with Crippen molar-refractivity contribution in [2.45, 2.75) is 31.1 Å². The summed E-state index contributed by atoms with van der Waals surface area (Å²) in [5.41, 5.74) is 19.2. The molecule has 0 aliphatic carbocycles. The first-order chi connectivity index (χ1) is 14.9. The lowest BCUT2D eigenvalue weighted by Gasteiger charge is -2.39. The van der Waals surface area contributed by atoms with Gasteiger partial charge in [-0.15, -0.1) is 0 Å². The molecule has 3 aliphatic rings. The Labute approximate surface area is 182 Å². The molecule has 0 aromatic carbocycles. The molecule has 0 spiro atoms. The summed E-state index contributed by atoms with van der Waals surface area (Å²) in [6.45, 7) is 4.81. The van der Waals surface area contributed by atoms with Gasteiger partial charge in [0.05, 0.1) is 30.1 Å². The molecule has 3 amide bonds. The Morgan fingerprint density at radius 2 is 1.65 bits per heavy atom. The molecule has 4 heterocycles. The van der Waals surface area contributed by atoms with Gasteiger partial charge in [0.15, 0.2) is 0 Å². The minimum atomic E-state index is -0.587. The highest BCUT2D eigenvalue weighted by Crippen LogP contribution is 2.33. The Balaban J connectivity index is 1.37. The lowest BCUT2D eigenvalue weighted by atomic mass is 9.89. The number of amides is 3. The van der Waals surface area contributed by atoms with Crippen LogP contribution in [0.15, 0.2) is 18.5 Å². The van der Waals surface area contributed by atoms with Crippen LogP contribution in [-0.2, 0) is 4.79 Å². The van der Waals surface area contributed by atoms with Crippen molar-refractivity contribution in [3.63, 3.8) is 0 Å². The highest BCUT2D eigenvalue weighted by Gasteiger charge is 2.37. The number of hydrogen-bond donors (Lipinski definition) is 5. The Kier molecular flexibility index (Phi) is 6.68. The first-order valence-corrected chi connectivity index (χ1v) is 10.9. The molecule has 0 saturated carbocycles. The second kappa shape index (κ2) is 9.45. The van der Waals surface area contributed by atoms with Crippen LogP contribution in [0.4, 0.5) is 10.5 Å². The van der Waals surface area contributed by atoms with E-state index in [0.29, 0.717) is 18.8 Å². The summed E-state index contributed by atoms with van der Waals surface area (Å²) >= 11 is 0. The van der Waals surface area contributed by atoms with E-state index in [9.17, 15) is 9.59 Å². The van der Waals surface area contributed by atoms with Crippen molar-refractivity contribution in [2.24, 2.45) is 17.4 Å². The number of likely N-dealkylation sites (N-methyl/N-ethyl adjacent to an activating group) is 1. The van der Waals surface area contributed by atoms with Crippen molar-refractivity contribution >= 4 is 17.6 Å². The zero-order chi connectivity index (χ0) is 22.0. The summed E-state index contributed by atoms with van der Waals surface area (Å²) in [5, 5.41) is 2.97. The SMILES string of the molecule is CN1CCN(C(=O)N2CCC(c3ccncc3NC(=O)C3C(N)NNC3N)CC2)CC1. The summed E-state index contributed by atoms with van der Waals surface area (Å²) in [6, 6.07) is 2.09. The van der Waals surface area contributed by atoms with E-state index in [4.69, 9.17) is 11.5 Å². The van der Waals surface area contributed by atoms with Crippen LogP contribution >= 0.6 is 0 Å². The minimum absolute atomic E-state index is 0.138. The van der Waals surface area contributed by atoms with Crippen LogP contribution in [0.3, 0.4) is 0 Å². The number of carbonyl (C=O) groups excluding carboxylic acids is 2. The van der Waals surface area contributed by atoms with Gasteiger partial charge in [-0.2, -0.15) is 0 Å². The maximum Gasteiger partial charge on any atom is 0.320 e. The first kappa shape index (κ1) is 21.9. The van der Waals surface area contributed by atoms with E-state index in [1.54, 1.807) is 12.4 Å². The molecule has 3 fully saturated rings. The molecule has 1 aromatic rings. The van der Waals surface area contributed by atoms with Gasteiger partial charge in [0, 0.05) is 45.5 Å². The number of rotatable bonds is 3. The normalized spacial score (nSPS) is 28.0. The fourth-order valence-electron chi connectivity index (χ4n) is 4.58. The van der Waals surface area contributed by atoms with Gasteiger partial charge < -0.3 is 31.5 Å². The van der Waals surface area contributed by atoms with Crippen LogP contribution in [0.1, 0.15) is 24.3 Å². The van der Waals surface area contributed by atoms with Crippen molar-refractivity contribution in [1.82, 2.24) is 30.5 Å². The zero-order valence-corrected chi connectivity index (χ0v) is 18.0. The topological polar surface area (TPSA) is 145 Å². The van der Waals surface area contributed by atoms with Gasteiger partial charge in [-0.25, -0.2) is 15.6 Å². The highest BCUT2D eigenvalue weighted by molar-refractivity contribution is 5.94. The lowest BCUT2D eigenvalue weighted by Crippen LogP contribution is -2.53. The second-order valence-corrected chi connectivity index (χ2v) is 8.65. The molecule has 0 bridgehead atoms. The predicted octanol–water partition coefficient (Wildman–Crippen LogP) is -1.14. The van der Waals surface area contributed by atoms with Crippen molar-refractivity contribution in [1.29, 1.82) is 0 Å². The number of hydrogen-bond acceptors (Lipinski definition) is 8. The van der Waals surface area contributed by atoms with Gasteiger partial charge in [0.2, 0.25) is 5.91 Å². The summed E-state index contributed by atoms with van der Waals surface area (Å²) < 4.78 is 0. The molecule has 3 saturated heterocycles. The summed E-state index contributed by atoms with van der Waals surface area (Å²) in [5.74, 6) is -0.581. The summed E-state index contributed by atoms with van der Waals surface area (Å²) in [4.78, 5) is 36.0. The number of carbonyl (C=O) groups is 2. The van der Waals surface area contributed by atoms with Gasteiger partial charge in [-0.3, -0.25) is 9.78 Å². The number of piperidine rings is 1. The van der Waals surface area contributed by atoms with Crippen molar-refractivity contribution in [2.75, 3.05) is 51.6 Å². The predicted molar refractivity (Wildman–Crippen MR) is 117 cm³/mol. The monoisotopic (exact) mass is 431 g/mol. The Morgan fingerprint density at radius 1 is 1.03 bits per heavy atom. The average Bonchev–Trinajstić information content (AvgIpc) is 3.12. The third kappa shape index (κ3) is 4.80. The van der Waals surface area contributed by atoms with Crippen LogP contribution in [-0.4, -0.2) is 90.3 Å². The summed E-state index contributed by atoms with van der Waals surface area (Å²) in [7, 11) is 2.08. The molecule has 3 aliphatic heterocycles. The zero-order valence-electron chi connectivity index (χ0n) is 18.0. The van der Waals surface area contributed by atoms with Crippen LogP contribution in [0, 0.1) is 5.92 Å². The van der Waals surface area contributed by atoms with Crippen LogP contribution < -0.4 is 27.6 Å². The molecular formula is C20H33N9O2. The van der Waals surface area contributed by atoms with E-state index in [0.717, 1.165) is 44.6 Å². The minimum Gasteiger partial charge on any atom is -0.325 e. The Morgan fingerprint density at radius 3 is 2.29 bits per heavy atom. The highest BCUT2D eigenvalue weighted by atomic mass is 16.2. The molecule has 31 heavy (non-hydrogen) atoms. The molecule has 11 nitrogen and oxygen atoms in total. The van der Waals surface area contributed by atoms with E-state index in [2.05, 4.69) is 33.1 Å². The maximum absolute atomic E-state index is 12.9. The molecule has 7 N–H and O–H groups in total. The number of anilines is 1. The molecule has 2 unspecified atom stereocenters. The molecular weight excluding hydrogens is 398 g/mol. The number of hydrazine groups is 1. The third-order valence-corrected chi connectivity index (χ3v) is 6.58. The lowest BCUT2D eigenvalue weighted by molar-refractivity contribution is -0.120. The van der Waals surface area contributed by atoms with E-state index in [1.165, 1.54) is 0 Å². The van der Waals surface area contributed by atoms with E-state index in [-0.39, 0.29) is 17.9 Å². The van der Waals surface area contributed by atoms with E-state index in [1.807, 2.05) is 15.9 Å². The molecule has 1 aromatic heterocycles. The number of nitrogens with zero attached hydrogens (tertiary/aromatic N) is 4. The second-order valence-electron chi connectivity index (χ2n) is 8.65. The fourth-order valence-corrected chi connectivity index (χ4v) is 4.58. The van der Waals surface area contributed by atoms with Gasteiger partial charge in [0.1, 0.15) is 0 Å². The fraction of sp³-hybridized carbons (Fsp3) is 0.650. The quantitative estimate of drug-likeness (QED) is 0.404. The molecule has 170 valence electrons. The van der Waals surface area contributed by atoms with E-state index >= 15 is 0 Å². The van der Waals surface area contributed by atoms with Crippen molar-refractivity contribution < 1.29 is 9.59 Å². The maximum atomic E-state index is 12.9. The number of likely N-dealkylation sites (tertiary alicyclic amines) is 1. The number of nitrogens with one attached hydrogen (secondary N) is 3. The van der Waals surface area contributed by atoms with Crippen molar-refractivity contribution in [3.8, 4) is 0 Å². The number of urea groups is 1. The standard InChI is InChI=1S/C20H33N9O2/c1-27-8-10-29(11-9-27)20(31)28-6-3-13(4-7-28)14-2-5-23-12-15(14)24-19(30)16-17(21)25-26-18(16)22/h2,5,12-13,16-18,25-26H,3-4,6-11,21-22H2,1H3,(H,24,30). The third-order valence-electron chi connectivity index (χ3n) is 6.58. The van der Waals surface area contributed by atoms with Crippen LogP contribution in [0.25, 0.3) is 0 Å². The molecule has 2 atom stereocenters. The van der Waals surface area contributed by atoms with Crippen molar-refractivity contribution in [3.05, 3.63) is 24.0 Å². The first-order valence-electron chi connectivity index (χ1n) is 10.9. The average molecular weight is 432 g/mol. The molecule has 4 rings (SSSR count). The number of pyridine rings is 1. The van der Waals surface area contributed by atoms with Crippen LogP contribution in [0.5, 0.6) is 0 Å². The number of nitrogens with two attached hydrogens (primary N) is 2. The largest absolute Gasteiger partial charge is 0.325 e. The number of aromatic nitrogens is 1. The molecule has 11 heteroatoms. The van der Waals surface area contributed by atoms with Gasteiger partial charge >= 0.3 is 6.03 Å². The Bertz CT molecular complexity index is 781. The smallest absolute Gasteiger partial charge is 0.320 e. The number of piperazine rings is 1. The molecule has 0 radical (unpaired) electrons. The van der Waals surface area contributed by atoms with Gasteiger partial charge in [-0.05, 0) is 37.4 Å². The summed E-state index contributed by atoms with van der Waals surface area (Å²) in [6.07, 6.45) is 3.98. The van der Waals surface area contributed by atoms with Crippen LogP contribution in [0.2, 0.25) is 0 Å². The van der Waals surface area contributed by atoms with E-state index < -0.39 is 18.2 Å². The Hall–Kier alpha value is -2.31. The van der Waals surface area contributed by atoms with Gasteiger partial charge in [0.25, 0.3) is 0 Å². The van der Waals surface area contributed by atoms with Gasteiger partial charge in [-0.1, -0.05) is 0 Å².